The number of halogens is 5. The van der Waals surface area contributed by atoms with Crippen molar-refractivity contribution in [2.24, 2.45) is 0 Å². The summed E-state index contributed by atoms with van der Waals surface area (Å²) in [4.78, 5) is 0. The van der Waals surface area contributed by atoms with Crippen LogP contribution in [-0.4, -0.2) is 19.2 Å². The van der Waals surface area contributed by atoms with E-state index in [1.165, 1.54) is 12.1 Å². The fraction of sp³-hybridized carbons (Fsp3) is 0.280. The molecule has 8 heteroatoms. The third-order valence-electron chi connectivity index (χ3n) is 5.79. The Morgan fingerprint density at radius 2 is 1.67 bits per heavy atom. The highest BCUT2D eigenvalue weighted by Gasteiger charge is 2.44. The molecule has 0 radical (unpaired) electrons. The number of ether oxygens (including phenoxy) is 2. The second-order valence-electron chi connectivity index (χ2n) is 7.92. The summed E-state index contributed by atoms with van der Waals surface area (Å²) in [6.07, 6.45) is 0.348. The second-order valence-corrected chi connectivity index (χ2v) is 9.58. The smallest absolute Gasteiger partial charge is 0.124 e. The summed E-state index contributed by atoms with van der Waals surface area (Å²) in [6.45, 7) is 1.86. The van der Waals surface area contributed by atoms with E-state index < -0.39 is 5.60 Å². The Hall–Kier alpha value is -1.37. The van der Waals surface area contributed by atoms with E-state index in [2.05, 4.69) is 5.32 Å². The lowest BCUT2D eigenvalue weighted by molar-refractivity contribution is -0.176. The van der Waals surface area contributed by atoms with Crippen molar-refractivity contribution in [3.8, 4) is 0 Å². The maximum absolute atomic E-state index is 13.5. The van der Waals surface area contributed by atoms with Crippen molar-refractivity contribution in [1.82, 2.24) is 5.32 Å². The van der Waals surface area contributed by atoms with Gasteiger partial charge in [-0.25, -0.2) is 4.39 Å². The van der Waals surface area contributed by atoms with Gasteiger partial charge in [0.15, 0.2) is 0 Å². The van der Waals surface area contributed by atoms with Gasteiger partial charge in [0.25, 0.3) is 0 Å². The predicted molar refractivity (Wildman–Crippen MR) is 132 cm³/mol. The molecule has 3 aromatic rings. The molecule has 0 saturated carbocycles. The first kappa shape index (κ1) is 24.7. The number of rotatable bonds is 7. The molecule has 0 spiro atoms. The average molecular weight is 529 g/mol. The van der Waals surface area contributed by atoms with Crippen molar-refractivity contribution in [3.63, 3.8) is 0 Å². The number of piperidine rings is 1. The van der Waals surface area contributed by atoms with Crippen molar-refractivity contribution < 1.29 is 13.9 Å². The SMILES string of the molecule is Fc1ccc(CO[C@]2(c3ccc(Cl)cc3)CCNC[C@@H]2OCc2ccc(Cl)c(Cl)c2)c(Cl)c1. The second kappa shape index (κ2) is 10.9. The zero-order valence-corrected chi connectivity index (χ0v) is 20.6. The number of benzene rings is 3. The highest BCUT2D eigenvalue weighted by molar-refractivity contribution is 6.42. The van der Waals surface area contributed by atoms with Crippen LogP contribution in [0, 0.1) is 5.82 Å². The van der Waals surface area contributed by atoms with Crippen molar-refractivity contribution in [2.45, 2.75) is 31.3 Å². The maximum Gasteiger partial charge on any atom is 0.124 e. The van der Waals surface area contributed by atoms with Gasteiger partial charge in [0.05, 0.1) is 23.3 Å². The Labute approximate surface area is 212 Å². The van der Waals surface area contributed by atoms with Crippen LogP contribution in [0.4, 0.5) is 4.39 Å². The molecule has 0 unspecified atom stereocenters. The summed E-state index contributed by atoms with van der Waals surface area (Å²) in [6, 6.07) is 17.3. The third-order valence-corrected chi connectivity index (χ3v) is 7.13. The molecule has 3 nitrogen and oxygen atoms in total. The zero-order chi connectivity index (χ0) is 23.4. The van der Waals surface area contributed by atoms with Crippen LogP contribution in [0.5, 0.6) is 0 Å². The van der Waals surface area contributed by atoms with Gasteiger partial charge in [-0.15, -0.1) is 0 Å². The van der Waals surface area contributed by atoms with E-state index in [0.717, 1.165) is 17.7 Å². The number of nitrogens with one attached hydrogen (secondary N) is 1. The highest BCUT2D eigenvalue weighted by Crippen LogP contribution is 2.39. The summed E-state index contributed by atoms with van der Waals surface area (Å²) in [7, 11) is 0. The minimum Gasteiger partial charge on any atom is -0.369 e. The molecule has 0 aromatic heterocycles. The van der Waals surface area contributed by atoms with Gasteiger partial charge in [0.2, 0.25) is 0 Å². The Kier molecular flexibility index (Phi) is 8.19. The molecule has 0 amide bonds. The molecule has 0 aliphatic carbocycles. The molecule has 4 rings (SSSR count). The van der Waals surface area contributed by atoms with E-state index in [0.29, 0.717) is 45.2 Å². The monoisotopic (exact) mass is 527 g/mol. The summed E-state index contributed by atoms with van der Waals surface area (Å²) < 4.78 is 26.5. The van der Waals surface area contributed by atoms with Crippen LogP contribution in [0.15, 0.2) is 60.7 Å². The fourth-order valence-corrected chi connectivity index (χ4v) is 4.68. The third kappa shape index (κ3) is 5.83. The van der Waals surface area contributed by atoms with Crippen LogP contribution in [0.3, 0.4) is 0 Å². The molecular formula is C25H22Cl4FNO2. The zero-order valence-electron chi connectivity index (χ0n) is 17.6. The quantitative estimate of drug-likeness (QED) is 0.346. The van der Waals surface area contributed by atoms with Gasteiger partial charge in [-0.05, 0) is 66.1 Å². The van der Waals surface area contributed by atoms with Crippen LogP contribution in [-0.2, 0) is 28.3 Å². The number of hydrogen-bond acceptors (Lipinski definition) is 3. The van der Waals surface area contributed by atoms with Crippen molar-refractivity contribution in [1.29, 1.82) is 0 Å². The Morgan fingerprint density at radius 1 is 0.879 bits per heavy atom. The van der Waals surface area contributed by atoms with E-state index in [9.17, 15) is 4.39 Å². The summed E-state index contributed by atoms with van der Waals surface area (Å²) in [5, 5.41) is 5.32. The maximum atomic E-state index is 13.5. The van der Waals surface area contributed by atoms with Gasteiger partial charge in [-0.3, -0.25) is 0 Å². The molecule has 1 aliphatic rings. The highest BCUT2D eigenvalue weighted by atomic mass is 35.5. The summed E-state index contributed by atoms with van der Waals surface area (Å²) in [5.41, 5.74) is 1.80. The van der Waals surface area contributed by atoms with Gasteiger partial charge in [0, 0.05) is 16.6 Å². The molecular weight excluding hydrogens is 507 g/mol. The first-order chi connectivity index (χ1) is 15.9. The molecule has 1 saturated heterocycles. The van der Waals surface area contributed by atoms with Crippen LogP contribution >= 0.6 is 46.4 Å². The van der Waals surface area contributed by atoms with Crippen molar-refractivity contribution in [2.75, 3.05) is 13.1 Å². The Morgan fingerprint density at radius 3 is 2.39 bits per heavy atom. The van der Waals surface area contributed by atoms with E-state index in [1.54, 1.807) is 18.2 Å². The van der Waals surface area contributed by atoms with E-state index in [-0.39, 0.29) is 18.5 Å². The van der Waals surface area contributed by atoms with Gasteiger partial charge >= 0.3 is 0 Å². The molecule has 1 N–H and O–H groups in total. The largest absolute Gasteiger partial charge is 0.369 e. The normalized spacial score (nSPS) is 20.7. The molecule has 1 fully saturated rings. The molecule has 2 atom stereocenters. The molecule has 0 bridgehead atoms. The van der Waals surface area contributed by atoms with E-state index in [4.69, 9.17) is 55.9 Å². The van der Waals surface area contributed by atoms with Crippen molar-refractivity contribution >= 4 is 46.4 Å². The van der Waals surface area contributed by atoms with Crippen LogP contribution in [0.1, 0.15) is 23.1 Å². The Balaban J connectivity index is 1.62. The Bertz CT molecular complexity index is 1110. The molecule has 1 aliphatic heterocycles. The van der Waals surface area contributed by atoms with Crippen LogP contribution in [0.25, 0.3) is 0 Å². The molecule has 174 valence electrons. The lowest BCUT2D eigenvalue weighted by Crippen LogP contribution is -2.54. The minimum absolute atomic E-state index is 0.203. The lowest BCUT2D eigenvalue weighted by atomic mass is 9.82. The van der Waals surface area contributed by atoms with Gasteiger partial charge in [-0.1, -0.05) is 70.7 Å². The fourth-order valence-electron chi connectivity index (χ4n) is 4.01. The topological polar surface area (TPSA) is 30.5 Å². The van der Waals surface area contributed by atoms with E-state index in [1.807, 2.05) is 30.3 Å². The van der Waals surface area contributed by atoms with E-state index >= 15 is 0 Å². The summed E-state index contributed by atoms with van der Waals surface area (Å²) >= 11 is 24.6. The average Bonchev–Trinajstić information content (AvgIpc) is 2.80. The molecule has 1 heterocycles. The summed E-state index contributed by atoms with van der Waals surface area (Å²) in [5.74, 6) is -0.388. The van der Waals surface area contributed by atoms with Gasteiger partial charge in [-0.2, -0.15) is 0 Å². The minimum atomic E-state index is -0.760. The van der Waals surface area contributed by atoms with Crippen LogP contribution in [0.2, 0.25) is 20.1 Å². The van der Waals surface area contributed by atoms with Crippen molar-refractivity contribution in [3.05, 3.63) is 103 Å². The first-order valence-corrected chi connectivity index (χ1v) is 12.0. The molecule has 33 heavy (non-hydrogen) atoms. The van der Waals surface area contributed by atoms with Gasteiger partial charge in [0.1, 0.15) is 17.5 Å². The first-order valence-electron chi connectivity index (χ1n) is 10.5. The lowest BCUT2D eigenvalue weighted by Gasteiger charge is -2.44. The molecule has 3 aromatic carbocycles. The van der Waals surface area contributed by atoms with Crippen LogP contribution < -0.4 is 5.32 Å². The number of hydrogen-bond donors (Lipinski definition) is 1. The van der Waals surface area contributed by atoms with Gasteiger partial charge < -0.3 is 14.8 Å². The standard InChI is InChI=1S/C25H22Cl4FNO2/c26-19-5-3-18(4-6-19)25(33-15-17-2-7-20(30)12-22(17)28)9-10-31-13-24(25)32-14-16-1-8-21(27)23(29)11-16/h1-8,11-12,24,31H,9-10,13-15H2/t24-,25-/m0/s1. The predicted octanol–water partition coefficient (Wildman–Crippen LogP) is 7.43.